The van der Waals surface area contributed by atoms with E-state index in [-0.39, 0.29) is 6.04 Å². The van der Waals surface area contributed by atoms with Crippen molar-refractivity contribution in [3.63, 3.8) is 0 Å². The molecule has 0 aliphatic carbocycles. The van der Waals surface area contributed by atoms with Gasteiger partial charge in [-0.25, -0.2) is 9.97 Å². The number of aromatic nitrogens is 4. The second-order valence-corrected chi connectivity index (χ2v) is 3.41. The van der Waals surface area contributed by atoms with Crippen molar-refractivity contribution in [3.05, 3.63) is 18.3 Å². The maximum atomic E-state index is 5.12. The Balaban J connectivity index is 2.30. The lowest BCUT2D eigenvalue weighted by Gasteiger charge is -2.01. The Hall–Kier alpha value is -2.02. The van der Waals surface area contributed by atoms with Crippen LogP contribution in [0.2, 0.25) is 0 Å². The molecule has 0 spiro atoms. The zero-order valence-corrected chi connectivity index (χ0v) is 9.84. The molecule has 7 heteroatoms. The molecular weight excluding hydrogens is 222 g/mol. The maximum Gasteiger partial charge on any atom is 0.243 e. The Bertz CT molecular complexity index is 499. The normalized spacial score (nSPS) is 12.4. The van der Waals surface area contributed by atoms with Crippen LogP contribution in [0.5, 0.6) is 5.88 Å². The average Bonchev–Trinajstić information content (AvgIpc) is 2.87. The first-order chi connectivity index (χ1) is 8.24. The Morgan fingerprint density at radius 3 is 2.94 bits per heavy atom. The highest BCUT2D eigenvalue weighted by atomic mass is 16.5. The molecule has 0 radical (unpaired) electrons. The van der Waals surface area contributed by atoms with E-state index in [4.69, 9.17) is 9.26 Å². The summed E-state index contributed by atoms with van der Waals surface area (Å²) in [5, 5.41) is 6.87. The van der Waals surface area contributed by atoms with E-state index in [0.29, 0.717) is 23.3 Å². The van der Waals surface area contributed by atoms with Crippen LogP contribution >= 0.6 is 0 Å². The Morgan fingerprint density at radius 1 is 1.41 bits per heavy atom. The minimum Gasteiger partial charge on any atom is -0.481 e. The zero-order chi connectivity index (χ0) is 12.3. The van der Waals surface area contributed by atoms with Gasteiger partial charge in [-0.3, -0.25) is 0 Å². The van der Waals surface area contributed by atoms with E-state index >= 15 is 0 Å². The van der Waals surface area contributed by atoms with Gasteiger partial charge in [-0.2, -0.15) is 4.98 Å². The highest BCUT2D eigenvalue weighted by Gasteiger charge is 2.14. The van der Waals surface area contributed by atoms with Crippen LogP contribution in [0.4, 0.5) is 0 Å². The molecule has 2 heterocycles. The summed E-state index contributed by atoms with van der Waals surface area (Å²) in [7, 11) is 3.36. The molecule has 2 aromatic rings. The summed E-state index contributed by atoms with van der Waals surface area (Å²) in [4.78, 5) is 12.2. The molecule has 1 unspecified atom stereocenters. The van der Waals surface area contributed by atoms with Crippen LogP contribution in [0.15, 0.2) is 16.9 Å². The third-order valence-electron chi connectivity index (χ3n) is 2.33. The molecule has 0 saturated heterocycles. The minimum atomic E-state index is -0.0000159. The number of hydrogen-bond donors (Lipinski definition) is 1. The molecular formula is C10H13N5O2. The standard InChI is InChI=1S/C10H13N5O2/c1-6(11-2)10-14-9(15-17-10)7-4-8(16-3)13-5-12-7/h4-6,11H,1-3H3. The van der Waals surface area contributed by atoms with Gasteiger partial charge in [0.15, 0.2) is 0 Å². The van der Waals surface area contributed by atoms with Crippen molar-refractivity contribution in [1.82, 2.24) is 25.4 Å². The van der Waals surface area contributed by atoms with Crippen molar-refractivity contribution in [3.8, 4) is 17.4 Å². The molecule has 0 aliphatic heterocycles. The van der Waals surface area contributed by atoms with Crippen molar-refractivity contribution in [2.45, 2.75) is 13.0 Å². The molecule has 0 fully saturated rings. The van der Waals surface area contributed by atoms with Gasteiger partial charge in [0, 0.05) is 6.07 Å². The molecule has 90 valence electrons. The summed E-state index contributed by atoms with van der Waals surface area (Å²) in [5.74, 6) is 1.39. The summed E-state index contributed by atoms with van der Waals surface area (Å²) in [6, 6.07) is 1.65. The van der Waals surface area contributed by atoms with Crippen LogP contribution in [0.1, 0.15) is 18.9 Å². The number of methoxy groups -OCH3 is 1. The fourth-order valence-corrected chi connectivity index (χ4v) is 1.21. The zero-order valence-electron chi connectivity index (χ0n) is 9.84. The molecule has 0 aliphatic rings. The van der Waals surface area contributed by atoms with Crippen LogP contribution in [0.3, 0.4) is 0 Å². The fourth-order valence-electron chi connectivity index (χ4n) is 1.21. The predicted octanol–water partition coefficient (Wildman–Crippen LogP) is 0.816. The average molecular weight is 235 g/mol. The van der Waals surface area contributed by atoms with Crippen LogP contribution in [-0.4, -0.2) is 34.3 Å². The molecule has 7 nitrogen and oxygen atoms in total. The van der Waals surface area contributed by atoms with E-state index in [0.717, 1.165) is 0 Å². The Kier molecular flexibility index (Phi) is 3.29. The Morgan fingerprint density at radius 2 is 2.24 bits per heavy atom. The van der Waals surface area contributed by atoms with Crippen molar-refractivity contribution in [2.75, 3.05) is 14.2 Å². The third kappa shape index (κ3) is 2.39. The Labute approximate surface area is 98.2 Å². The van der Waals surface area contributed by atoms with Crippen molar-refractivity contribution < 1.29 is 9.26 Å². The van der Waals surface area contributed by atoms with Gasteiger partial charge in [0.1, 0.15) is 12.0 Å². The lowest BCUT2D eigenvalue weighted by Crippen LogP contribution is -2.12. The summed E-state index contributed by atoms with van der Waals surface area (Å²) in [5.41, 5.74) is 0.565. The SMILES string of the molecule is CNC(C)c1nc(-c2cc(OC)ncn2)no1. The molecule has 0 saturated carbocycles. The molecule has 1 atom stereocenters. The van der Waals surface area contributed by atoms with Crippen LogP contribution in [-0.2, 0) is 0 Å². The molecule has 2 aromatic heterocycles. The van der Waals surface area contributed by atoms with Gasteiger partial charge in [0.2, 0.25) is 17.6 Å². The predicted molar refractivity (Wildman–Crippen MR) is 59.4 cm³/mol. The number of hydrogen-bond acceptors (Lipinski definition) is 7. The van der Waals surface area contributed by atoms with E-state index < -0.39 is 0 Å². The smallest absolute Gasteiger partial charge is 0.243 e. The van der Waals surface area contributed by atoms with Gasteiger partial charge in [0.25, 0.3) is 0 Å². The number of rotatable bonds is 4. The van der Waals surface area contributed by atoms with Gasteiger partial charge in [0.05, 0.1) is 13.2 Å². The second kappa shape index (κ2) is 4.88. The summed E-state index contributed by atoms with van der Waals surface area (Å²) < 4.78 is 10.1. The van der Waals surface area contributed by atoms with Gasteiger partial charge in [-0.15, -0.1) is 0 Å². The van der Waals surface area contributed by atoms with Gasteiger partial charge < -0.3 is 14.6 Å². The second-order valence-electron chi connectivity index (χ2n) is 3.41. The molecule has 17 heavy (non-hydrogen) atoms. The van der Waals surface area contributed by atoms with Gasteiger partial charge in [-0.1, -0.05) is 5.16 Å². The number of nitrogens with zero attached hydrogens (tertiary/aromatic N) is 4. The maximum absolute atomic E-state index is 5.12. The van der Waals surface area contributed by atoms with E-state index in [1.165, 1.54) is 13.4 Å². The topological polar surface area (TPSA) is 86.0 Å². The van der Waals surface area contributed by atoms with E-state index in [2.05, 4.69) is 25.4 Å². The monoisotopic (exact) mass is 235 g/mol. The number of nitrogens with one attached hydrogen (secondary N) is 1. The van der Waals surface area contributed by atoms with Crippen LogP contribution in [0.25, 0.3) is 11.5 Å². The third-order valence-corrected chi connectivity index (χ3v) is 2.33. The summed E-state index contributed by atoms with van der Waals surface area (Å²) in [6.45, 7) is 1.93. The largest absolute Gasteiger partial charge is 0.481 e. The van der Waals surface area contributed by atoms with E-state index in [9.17, 15) is 0 Å². The number of ether oxygens (including phenoxy) is 1. The fraction of sp³-hybridized carbons (Fsp3) is 0.400. The van der Waals surface area contributed by atoms with Crippen molar-refractivity contribution >= 4 is 0 Å². The quantitative estimate of drug-likeness (QED) is 0.839. The molecule has 0 amide bonds. The van der Waals surface area contributed by atoms with E-state index in [1.807, 2.05) is 14.0 Å². The first kappa shape index (κ1) is 11.5. The lowest BCUT2D eigenvalue weighted by atomic mass is 10.3. The van der Waals surface area contributed by atoms with Crippen LogP contribution in [0, 0.1) is 0 Å². The van der Waals surface area contributed by atoms with Gasteiger partial charge >= 0.3 is 0 Å². The van der Waals surface area contributed by atoms with Gasteiger partial charge in [-0.05, 0) is 14.0 Å². The van der Waals surface area contributed by atoms with Crippen molar-refractivity contribution in [1.29, 1.82) is 0 Å². The first-order valence-corrected chi connectivity index (χ1v) is 5.12. The molecule has 0 aromatic carbocycles. The molecule has 0 bridgehead atoms. The highest BCUT2D eigenvalue weighted by Crippen LogP contribution is 2.18. The summed E-state index contributed by atoms with van der Waals surface area (Å²) in [6.07, 6.45) is 1.39. The first-order valence-electron chi connectivity index (χ1n) is 5.12. The molecule has 1 N–H and O–H groups in total. The van der Waals surface area contributed by atoms with Crippen LogP contribution < -0.4 is 10.1 Å². The highest BCUT2D eigenvalue weighted by molar-refractivity contribution is 5.49. The van der Waals surface area contributed by atoms with E-state index in [1.54, 1.807) is 6.07 Å². The lowest BCUT2D eigenvalue weighted by molar-refractivity contribution is 0.347. The van der Waals surface area contributed by atoms with Crippen molar-refractivity contribution in [2.24, 2.45) is 0 Å². The minimum absolute atomic E-state index is 0.0000159. The molecule has 2 rings (SSSR count). The summed E-state index contributed by atoms with van der Waals surface area (Å²) >= 11 is 0.